The molecular weight excluding hydrogens is 543 g/mol. The third-order valence-corrected chi connectivity index (χ3v) is 7.37. The number of benzene rings is 3. The number of halogens is 3. The van der Waals surface area contributed by atoms with E-state index in [2.05, 4.69) is 6.92 Å². The Bertz CT molecular complexity index is 1400. The largest absolute Gasteiger partial charge is 0.493 e. The molecule has 0 aliphatic carbocycles. The molecule has 0 saturated carbocycles. The normalized spacial score (nSPS) is 11.9. The summed E-state index contributed by atoms with van der Waals surface area (Å²) in [6.07, 6.45) is -1.63. The van der Waals surface area contributed by atoms with Crippen LogP contribution in [0, 0.1) is 5.92 Å². The monoisotopic (exact) mass is 577 g/mol. The smallest absolute Gasteiger partial charge is 0.416 e. The molecule has 216 valence electrons. The van der Waals surface area contributed by atoms with Crippen LogP contribution in [0.1, 0.15) is 60.7 Å². The van der Waals surface area contributed by atoms with Crippen LogP contribution in [0.3, 0.4) is 0 Å². The highest BCUT2D eigenvalue weighted by atomic mass is 32.2. The van der Waals surface area contributed by atoms with Crippen molar-refractivity contribution in [3.8, 4) is 11.5 Å². The first-order valence-electron chi connectivity index (χ1n) is 13.0. The van der Waals surface area contributed by atoms with Crippen LogP contribution in [0.5, 0.6) is 11.5 Å². The fourth-order valence-corrected chi connectivity index (χ4v) is 5.12. The van der Waals surface area contributed by atoms with Crippen LogP contribution in [0.2, 0.25) is 0 Å². The molecule has 0 bridgehead atoms. The first-order valence-corrected chi connectivity index (χ1v) is 14.4. The first kappa shape index (κ1) is 31.0. The second-order valence-electron chi connectivity index (χ2n) is 9.93. The molecular formula is C30H34F3NO5S. The van der Waals surface area contributed by atoms with Crippen molar-refractivity contribution in [2.75, 3.05) is 13.7 Å². The zero-order valence-corrected chi connectivity index (χ0v) is 23.8. The van der Waals surface area contributed by atoms with Crippen LogP contribution in [0.25, 0.3) is 0 Å². The molecule has 0 unspecified atom stereocenters. The first-order chi connectivity index (χ1) is 18.8. The minimum Gasteiger partial charge on any atom is -0.493 e. The van der Waals surface area contributed by atoms with Crippen molar-refractivity contribution in [1.29, 1.82) is 0 Å². The van der Waals surface area contributed by atoms with Crippen molar-refractivity contribution in [1.82, 2.24) is 4.90 Å². The highest BCUT2D eigenvalue weighted by Gasteiger charge is 2.32. The van der Waals surface area contributed by atoms with Gasteiger partial charge in [-0.1, -0.05) is 51.5 Å². The fraction of sp³-hybridized carbons (Fsp3) is 0.367. The Morgan fingerprint density at radius 3 is 2.23 bits per heavy atom. The van der Waals surface area contributed by atoms with Gasteiger partial charge < -0.3 is 13.8 Å². The summed E-state index contributed by atoms with van der Waals surface area (Å²) in [5.74, 6) is -0.146. The second kappa shape index (κ2) is 13.2. The molecule has 0 spiro atoms. The highest BCUT2D eigenvalue weighted by Crippen LogP contribution is 2.34. The van der Waals surface area contributed by atoms with Crippen LogP contribution in [0.15, 0.2) is 71.6 Å². The number of carbonyl (C=O) groups is 1. The van der Waals surface area contributed by atoms with Gasteiger partial charge in [0.15, 0.2) is 11.5 Å². The van der Waals surface area contributed by atoms with Crippen LogP contribution in [0.4, 0.5) is 13.2 Å². The minimum atomic E-state index is -4.72. The number of alkyl halides is 3. The van der Waals surface area contributed by atoms with Gasteiger partial charge in [0.2, 0.25) is 0 Å². The molecule has 0 aromatic heterocycles. The molecule has 1 amide bonds. The van der Waals surface area contributed by atoms with E-state index < -0.39 is 26.8 Å². The Hall–Kier alpha value is -3.53. The van der Waals surface area contributed by atoms with Crippen molar-refractivity contribution >= 4 is 16.0 Å². The lowest BCUT2D eigenvalue weighted by atomic mass is 10.0. The number of methoxy groups -OCH3 is 1. The van der Waals surface area contributed by atoms with E-state index in [1.54, 1.807) is 11.0 Å². The van der Waals surface area contributed by atoms with Crippen molar-refractivity contribution < 1.29 is 35.3 Å². The SMILES string of the molecule is CCCCc1ccc(C(=O)N(Cc2ccc(OC)c(OS(=O)(=O)c3cccc(C(F)(F)F)c3)c2)CC(C)C)cc1. The summed E-state index contributed by atoms with van der Waals surface area (Å²) < 4.78 is 75.7. The maximum atomic E-state index is 13.4. The number of unbranched alkanes of at least 4 members (excludes halogenated alkanes) is 1. The van der Waals surface area contributed by atoms with Gasteiger partial charge in [-0.2, -0.15) is 21.6 Å². The number of ether oxygens (including phenoxy) is 1. The molecule has 10 heteroatoms. The summed E-state index contributed by atoms with van der Waals surface area (Å²) in [6.45, 7) is 6.69. The van der Waals surface area contributed by atoms with E-state index in [0.29, 0.717) is 23.7 Å². The van der Waals surface area contributed by atoms with E-state index in [-0.39, 0.29) is 29.9 Å². The number of nitrogens with zero attached hydrogens (tertiary/aromatic N) is 1. The molecule has 3 aromatic carbocycles. The fourth-order valence-electron chi connectivity index (χ4n) is 4.14. The van der Waals surface area contributed by atoms with E-state index in [4.69, 9.17) is 8.92 Å². The Morgan fingerprint density at radius 1 is 0.950 bits per heavy atom. The molecule has 0 N–H and O–H groups in total. The summed E-state index contributed by atoms with van der Waals surface area (Å²) in [6, 6.07) is 15.4. The van der Waals surface area contributed by atoms with Crippen LogP contribution >= 0.6 is 0 Å². The lowest BCUT2D eigenvalue weighted by Gasteiger charge is -2.25. The number of hydrogen-bond donors (Lipinski definition) is 0. The Labute approximate surface area is 233 Å². The zero-order chi connectivity index (χ0) is 29.5. The topological polar surface area (TPSA) is 72.9 Å². The van der Waals surface area contributed by atoms with Gasteiger partial charge in [0, 0.05) is 18.7 Å². The lowest BCUT2D eigenvalue weighted by Crippen LogP contribution is -2.33. The number of aryl methyl sites for hydroxylation is 1. The quantitative estimate of drug-likeness (QED) is 0.214. The van der Waals surface area contributed by atoms with Gasteiger partial charge in [-0.05, 0) is 72.4 Å². The van der Waals surface area contributed by atoms with Gasteiger partial charge in [-0.3, -0.25) is 4.79 Å². The predicted octanol–water partition coefficient (Wildman–Crippen LogP) is 7.12. The average Bonchev–Trinajstić information content (AvgIpc) is 2.91. The summed E-state index contributed by atoms with van der Waals surface area (Å²) in [5, 5.41) is 0. The van der Waals surface area contributed by atoms with Crippen LogP contribution in [-0.4, -0.2) is 32.9 Å². The third kappa shape index (κ3) is 8.24. The highest BCUT2D eigenvalue weighted by molar-refractivity contribution is 7.87. The van der Waals surface area contributed by atoms with Crippen molar-refractivity contribution in [2.45, 2.75) is 57.7 Å². The predicted molar refractivity (Wildman–Crippen MR) is 147 cm³/mol. The van der Waals surface area contributed by atoms with Gasteiger partial charge in [0.1, 0.15) is 4.90 Å². The molecule has 40 heavy (non-hydrogen) atoms. The summed E-state index contributed by atoms with van der Waals surface area (Å²) in [7, 11) is -3.31. The molecule has 0 aliphatic rings. The molecule has 0 fully saturated rings. The van der Waals surface area contributed by atoms with Crippen LogP contribution in [-0.2, 0) is 29.3 Å². The summed E-state index contributed by atoms with van der Waals surface area (Å²) in [5.41, 5.74) is 1.15. The maximum Gasteiger partial charge on any atom is 0.416 e. The molecule has 0 aliphatic heterocycles. The number of amides is 1. The Balaban J connectivity index is 1.88. The van der Waals surface area contributed by atoms with Gasteiger partial charge in [-0.25, -0.2) is 0 Å². The Kier molecular flexibility index (Phi) is 10.2. The lowest BCUT2D eigenvalue weighted by molar-refractivity contribution is -0.137. The summed E-state index contributed by atoms with van der Waals surface area (Å²) in [4.78, 5) is 14.4. The van der Waals surface area contributed by atoms with Gasteiger partial charge in [0.05, 0.1) is 12.7 Å². The third-order valence-electron chi connectivity index (χ3n) is 6.14. The van der Waals surface area contributed by atoms with Gasteiger partial charge in [0.25, 0.3) is 5.91 Å². The van der Waals surface area contributed by atoms with Crippen molar-refractivity contribution in [2.24, 2.45) is 5.92 Å². The minimum absolute atomic E-state index is 0.0729. The molecule has 3 rings (SSSR count). The van der Waals surface area contributed by atoms with Crippen molar-refractivity contribution in [3.63, 3.8) is 0 Å². The average molecular weight is 578 g/mol. The van der Waals surface area contributed by atoms with E-state index in [0.717, 1.165) is 43.0 Å². The maximum absolute atomic E-state index is 13.4. The Morgan fingerprint density at radius 2 is 1.62 bits per heavy atom. The van der Waals surface area contributed by atoms with E-state index >= 15 is 0 Å². The van der Waals surface area contributed by atoms with E-state index in [1.165, 1.54) is 19.2 Å². The van der Waals surface area contributed by atoms with Crippen LogP contribution < -0.4 is 8.92 Å². The molecule has 3 aromatic rings. The molecule has 0 radical (unpaired) electrons. The summed E-state index contributed by atoms with van der Waals surface area (Å²) >= 11 is 0. The van der Waals surface area contributed by atoms with Gasteiger partial charge >= 0.3 is 16.3 Å². The molecule has 0 saturated heterocycles. The van der Waals surface area contributed by atoms with Gasteiger partial charge in [-0.15, -0.1) is 0 Å². The number of hydrogen-bond acceptors (Lipinski definition) is 5. The zero-order valence-electron chi connectivity index (χ0n) is 23.0. The molecule has 0 heterocycles. The number of rotatable bonds is 12. The standard InChI is InChI=1S/C30H34F3NO5S/c1-5-6-8-22-11-14-24(15-12-22)29(35)34(19-21(2)3)20-23-13-16-27(38-4)28(17-23)39-40(36,37)26-10-7-9-25(18-26)30(31,32)33/h7,9-18,21H,5-6,8,19-20H2,1-4H3. The van der Waals surface area contributed by atoms with E-state index in [9.17, 15) is 26.4 Å². The molecule has 6 nitrogen and oxygen atoms in total. The van der Waals surface area contributed by atoms with E-state index in [1.807, 2.05) is 38.1 Å². The second-order valence-corrected chi connectivity index (χ2v) is 11.5. The number of carbonyl (C=O) groups excluding carboxylic acids is 1. The molecule has 0 atom stereocenters. The van der Waals surface area contributed by atoms with Crippen molar-refractivity contribution in [3.05, 3.63) is 89.0 Å².